The van der Waals surface area contributed by atoms with Gasteiger partial charge in [0.25, 0.3) is 0 Å². The van der Waals surface area contributed by atoms with Gasteiger partial charge >= 0.3 is 11.6 Å². The van der Waals surface area contributed by atoms with Crippen LogP contribution >= 0.6 is 15.9 Å². The second-order valence-electron chi connectivity index (χ2n) is 5.04. The van der Waals surface area contributed by atoms with E-state index in [2.05, 4.69) is 31.2 Å². The molecule has 3 rings (SSSR count). The summed E-state index contributed by atoms with van der Waals surface area (Å²) in [7, 11) is 1.55. The van der Waals surface area contributed by atoms with Crippen molar-refractivity contribution in [3.8, 4) is 17.4 Å². The second kappa shape index (κ2) is 7.79. The van der Waals surface area contributed by atoms with Crippen LogP contribution in [0.25, 0.3) is 0 Å². The number of halogens is 1. The maximum atomic E-state index is 11.6. The fourth-order valence-electron chi connectivity index (χ4n) is 2.12. The summed E-state index contributed by atoms with van der Waals surface area (Å²) in [4.78, 5) is 18.8. The summed E-state index contributed by atoms with van der Waals surface area (Å²) in [5.74, 6) is 0.917. The van der Waals surface area contributed by atoms with Crippen molar-refractivity contribution in [1.29, 1.82) is 0 Å². The normalized spacial score (nSPS) is 10.2. The van der Waals surface area contributed by atoms with E-state index in [1.807, 2.05) is 12.1 Å². The van der Waals surface area contributed by atoms with Gasteiger partial charge in [-0.3, -0.25) is 10.1 Å². The third-order valence-electron chi connectivity index (χ3n) is 3.35. The van der Waals surface area contributed by atoms with Crippen molar-refractivity contribution in [1.82, 2.24) is 9.97 Å². The molecule has 9 heteroatoms. The van der Waals surface area contributed by atoms with Gasteiger partial charge in [0.2, 0.25) is 5.82 Å². The zero-order chi connectivity index (χ0) is 18.5. The molecule has 0 fully saturated rings. The monoisotopic (exact) mass is 416 g/mol. The van der Waals surface area contributed by atoms with Gasteiger partial charge in [0.05, 0.1) is 12.0 Å². The van der Waals surface area contributed by atoms with Gasteiger partial charge in [-0.25, -0.2) is 4.98 Å². The van der Waals surface area contributed by atoms with Crippen LogP contribution in [0, 0.1) is 10.1 Å². The van der Waals surface area contributed by atoms with Gasteiger partial charge in [0, 0.05) is 10.2 Å². The Labute approximate surface area is 157 Å². The highest BCUT2D eigenvalue weighted by Gasteiger charge is 2.25. The van der Waals surface area contributed by atoms with Gasteiger partial charge in [0.15, 0.2) is 0 Å². The topological polar surface area (TPSA) is 99.4 Å². The van der Waals surface area contributed by atoms with Crippen molar-refractivity contribution in [3.05, 3.63) is 69.4 Å². The predicted molar refractivity (Wildman–Crippen MR) is 99.2 cm³/mol. The third-order valence-corrected chi connectivity index (χ3v) is 3.88. The molecule has 0 spiro atoms. The van der Waals surface area contributed by atoms with Gasteiger partial charge in [-0.2, -0.15) is 4.98 Å². The summed E-state index contributed by atoms with van der Waals surface area (Å²) in [5.41, 5.74) is 0.289. The molecule has 0 radical (unpaired) electrons. The number of hydrogen-bond donors (Lipinski definition) is 1. The zero-order valence-electron chi connectivity index (χ0n) is 13.5. The highest BCUT2D eigenvalue weighted by Crippen LogP contribution is 2.35. The number of methoxy groups -OCH3 is 1. The molecule has 0 amide bonds. The fraction of sp³-hybridized carbons (Fsp3) is 0.0588. The molecule has 0 aliphatic heterocycles. The van der Waals surface area contributed by atoms with Crippen molar-refractivity contribution in [3.63, 3.8) is 0 Å². The molecule has 8 nitrogen and oxygen atoms in total. The number of nitrogens with one attached hydrogen (secondary N) is 1. The SMILES string of the molecule is COc1ccc(Oc2ncnc(Nc3ccc(Br)cc3)c2[N+](=O)[O-])cc1. The first-order valence-electron chi connectivity index (χ1n) is 7.40. The minimum absolute atomic E-state index is 0.0378. The third kappa shape index (κ3) is 4.06. The highest BCUT2D eigenvalue weighted by atomic mass is 79.9. The smallest absolute Gasteiger partial charge is 0.373 e. The number of aromatic nitrogens is 2. The van der Waals surface area contributed by atoms with Crippen LogP contribution in [0.5, 0.6) is 17.4 Å². The lowest BCUT2D eigenvalue weighted by Crippen LogP contribution is -2.03. The lowest BCUT2D eigenvalue weighted by molar-refractivity contribution is -0.385. The summed E-state index contributed by atoms with van der Waals surface area (Å²) < 4.78 is 11.5. The summed E-state index contributed by atoms with van der Waals surface area (Å²) >= 11 is 3.34. The Morgan fingerprint density at radius 2 is 1.69 bits per heavy atom. The Morgan fingerprint density at radius 1 is 1.04 bits per heavy atom. The molecule has 0 saturated carbocycles. The van der Waals surface area contributed by atoms with Crippen LogP contribution in [0.2, 0.25) is 0 Å². The van der Waals surface area contributed by atoms with E-state index in [1.165, 1.54) is 6.33 Å². The first-order chi connectivity index (χ1) is 12.6. The van der Waals surface area contributed by atoms with E-state index in [0.717, 1.165) is 4.47 Å². The Morgan fingerprint density at radius 3 is 2.31 bits per heavy atom. The van der Waals surface area contributed by atoms with E-state index in [0.29, 0.717) is 17.2 Å². The molecular formula is C17H13BrN4O4. The van der Waals surface area contributed by atoms with E-state index in [-0.39, 0.29) is 17.4 Å². The Balaban J connectivity index is 1.92. The second-order valence-corrected chi connectivity index (χ2v) is 5.96. The first-order valence-corrected chi connectivity index (χ1v) is 8.20. The molecule has 1 heterocycles. The minimum Gasteiger partial charge on any atom is -0.497 e. The summed E-state index contributed by atoms with van der Waals surface area (Å²) in [5, 5.41) is 14.5. The molecule has 0 aliphatic rings. The van der Waals surface area contributed by atoms with Crippen molar-refractivity contribution in [2.75, 3.05) is 12.4 Å². The lowest BCUT2D eigenvalue weighted by Gasteiger charge is -2.10. The number of ether oxygens (including phenoxy) is 2. The van der Waals surface area contributed by atoms with E-state index >= 15 is 0 Å². The van der Waals surface area contributed by atoms with Crippen LogP contribution in [0.1, 0.15) is 0 Å². The van der Waals surface area contributed by atoms with Gasteiger partial charge in [-0.05, 0) is 48.5 Å². The number of benzene rings is 2. The van der Waals surface area contributed by atoms with Gasteiger partial charge in [-0.15, -0.1) is 0 Å². The highest BCUT2D eigenvalue weighted by molar-refractivity contribution is 9.10. The minimum atomic E-state index is -0.583. The number of nitrogens with zero attached hydrogens (tertiary/aromatic N) is 3. The molecule has 0 aliphatic carbocycles. The largest absolute Gasteiger partial charge is 0.497 e. The molecule has 1 aromatic heterocycles. The van der Waals surface area contributed by atoms with E-state index < -0.39 is 4.92 Å². The fourth-order valence-corrected chi connectivity index (χ4v) is 2.38. The maximum absolute atomic E-state index is 11.6. The number of rotatable bonds is 6. The molecule has 3 aromatic rings. The standard InChI is InChI=1S/C17H13BrN4O4/c1-25-13-6-8-14(9-7-13)26-17-15(22(23)24)16(19-10-20-17)21-12-4-2-11(18)3-5-12/h2-10H,1H3,(H,19,20,21). The van der Waals surface area contributed by atoms with Crippen LogP contribution < -0.4 is 14.8 Å². The number of nitro groups is 1. The molecule has 26 heavy (non-hydrogen) atoms. The van der Waals surface area contributed by atoms with Crippen LogP contribution in [-0.4, -0.2) is 22.0 Å². The molecule has 0 saturated heterocycles. The van der Waals surface area contributed by atoms with E-state index in [1.54, 1.807) is 43.5 Å². The quantitative estimate of drug-likeness (QED) is 0.459. The van der Waals surface area contributed by atoms with Crippen molar-refractivity contribution in [2.45, 2.75) is 0 Å². The predicted octanol–water partition coefficient (Wildman–Crippen LogP) is 4.69. The summed E-state index contributed by atoms with van der Waals surface area (Å²) in [6, 6.07) is 13.8. The van der Waals surface area contributed by atoms with Gasteiger partial charge in [0.1, 0.15) is 17.8 Å². The summed E-state index contributed by atoms with van der Waals surface area (Å²) in [6.45, 7) is 0. The molecule has 132 valence electrons. The van der Waals surface area contributed by atoms with Crippen LogP contribution in [-0.2, 0) is 0 Å². The number of hydrogen-bond acceptors (Lipinski definition) is 7. The van der Waals surface area contributed by atoms with Crippen molar-refractivity contribution < 1.29 is 14.4 Å². The molecular weight excluding hydrogens is 404 g/mol. The zero-order valence-corrected chi connectivity index (χ0v) is 15.1. The average Bonchev–Trinajstić information content (AvgIpc) is 2.64. The maximum Gasteiger partial charge on any atom is 0.373 e. The lowest BCUT2D eigenvalue weighted by atomic mass is 10.3. The molecule has 0 atom stereocenters. The summed E-state index contributed by atoms with van der Waals surface area (Å²) in [6.07, 6.45) is 1.20. The van der Waals surface area contributed by atoms with Crippen LogP contribution in [0.4, 0.5) is 17.2 Å². The molecule has 2 aromatic carbocycles. The van der Waals surface area contributed by atoms with E-state index in [9.17, 15) is 10.1 Å². The molecule has 1 N–H and O–H groups in total. The molecule has 0 unspecified atom stereocenters. The van der Waals surface area contributed by atoms with Crippen LogP contribution in [0.15, 0.2) is 59.3 Å². The van der Waals surface area contributed by atoms with Crippen molar-refractivity contribution in [2.24, 2.45) is 0 Å². The van der Waals surface area contributed by atoms with Gasteiger partial charge < -0.3 is 14.8 Å². The van der Waals surface area contributed by atoms with Crippen molar-refractivity contribution >= 4 is 33.1 Å². The number of anilines is 2. The Bertz CT molecular complexity index is 917. The first kappa shape index (κ1) is 17.6. The average molecular weight is 417 g/mol. The Hall–Kier alpha value is -3.20. The van der Waals surface area contributed by atoms with Crippen LogP contribution in [0.3, 0.4) is 0 Å². The van der Waals surface area contributed by atoms with Gasteiger partial charge in [-0.1, -0.05) is 15.9 Å². The molecule has 0 bridgehead atoms. The Kier molecular flexibility index (Phi) is 5.28. The van der Waals surface area contributed by atoms with E-state index in [4.69, 9.17) is 9.47 Å².